The SMILES string of the molecule is CC1(C)CNc2ccc(O)cc2C1. The molecule has 0 unspecified atom stereocenters. The molecule has 1 aliphatic rings. The molecule has 0 atom stereocenters. The highest BCUT2D eigenvalue weighted by Crippen LogP contribution is 2.33. The van der Waals surface area contributed by atoms with Crippen LogP contribution in [0.25, 0.3) is 0 Å². The summed E-state index contributed by atoms with van der Waals surface area (Å²) in [5, 5.41) is 12.7. The van der Waals surface area contributed by atoms with Gasteiger partial charge in [0.15, 0.2) is 0 Å². The lowest BCUT2D eigenvalue weighted by Gasteiger charge is -2.32. The molecule has 0 aliphatic carbocycles. The number of phenolic OH excluding ortho intramolecular Hbond substituents is 1. The van der Waals surface area contributed by atoms with Crippen LogP contribution < -0.4 is 5.32 Å². The van der Waals surface area contributed by atoms with E-state index in [1.165, 1.54) is 5.56 Å². The van der Waals surface area contributed by atoms with Crippen molar-refractivity contribution in [1.29, 1.82) is 0 Å². The van der Waals surface area contributed by atoms with Crippen LogP contribution in [0.15, 0.2) is 18.2 Å². The Morgan fingerprint density at radius 1 is 1.38 bits per heavy atom. The lowest BCUT2D eigenvalue weighted by Crippen LogP contribution is -2.30. The number of anilines is 1. The summed E-state index contributed by atoms with van der Waals surface area (Å²) in [5.74, 6) is 0.359. The van der Waals surface area contributed by atoms with Crippen molar-refractivity contribution in [1.82, 2.24) is 0 Å². The van der Waals surface area contributed by atoms with Gasteiger partial charge in [0.2, 0.25) is 0 Å². The zero-order valence-electron chi connectivity index (χ0n) is 8.09. The molecule has 2 heteroatoms. The van der Waals surface area contributed by atoms with Crippen LogP contribution in [0.1, 0.15) is 19.4 Å². The summed E-state index contributed by atoms with van der Waals surface area (Å²) in [4.78, 5) is 0. The summed E-state index contributed by atoms with van der Waals surface area (Å²) in [7, 11) is 0. The van der Waals surface area contributed by atoms with Crippen molar-refractivity contribution in [2.75, 3.05) is 11.9 Å². The van der Waals surface area contributed by atoms with Crippen LogP contribution in [-0.4, -0.2) is 11.7 Å². The molecule has 1 aliphatic heterocycles. The molecular formula is C11H15NO. The van der Waals surface area contributed by atoms with Gasteiger partial charge < -0.3 is 10.4 Å². The number of hydrogen-bond acceptors (Lipinski definition) is 2. The Hall–Kier alpha value is -1.18. The first-order chi connectivity index (χ1) is 6.07. The Morgan fingerprint density at radius 3 is 2.92 bits per heavy atom. The van der Waals surface area contributed by atoms with Gasteiger partial charge in [-0.1, -0.05) is 13.8 Å². The van der Waals surface area contributed by atoms with E-state index in [1.54, 1.807) is 6.07 Å². The zero-order chi connectivity index (χ0) is 9.47. The Bertz CT molecular complexity index is 331. The predicted octanol–water partition coefficient (Wildman–Crippen LogP) is 2.39. The molecule has 0 spiro atoms. The van der Waals surface area contributed by atoms with Crippen molar-refractivity contribution in [3.8, 4) is 5.75 Å². The molecule has 0 aromatic heterocycles. The first kappa shape index (κ1) is 8.42. The molecule has 0 fully saturated rings. The standard InChI is InChI=1S/C11H15NO/c1-11(2)6-8-5-9(13)3-4-10(8)12-7-11/h3-5,12-13H,6-7H2,1-2H3. The molecule has 2 N–H and O–H groups in total. The molecule has 1 aromatic carbocycles. The van der Waals surface area contributed by atoms with Crippen LogP contribution in [0.3, 0.4) is 0 Å². The molecule has 2 nitrogen and oxygen atoms in total. The first-order valence-electron chi connectivity index (χ1n) is 4.63. The molecule has 0 radical (unpaired) electrons. The number of nitrogens with one attached hydrogen (secondary N) is 1. The summed E-state index contributed by atoms with van der Waals surface area (Å²) in [6, 6.07) is 5.52. The van der Waals surface area contributed by atoms with E-state index in [9.17, 15) is 5.11 Å². The van der Waals surface area contributed by atoms with Gasteiger partial charge in [0.25, 0.3) is 0 Å². The highest BCUT2D eigenvalue weighted by atomic mass is 16.3. The lowest BCUT2D eigenvalue weighted by atomic mass is 9.82. The first-order valence-corrected chi connectivity index (χ1v) is 4.63. The van der Waals surface area contributed by atoms with Gasteiger partial charge in [-0.15, -0.1) is 0 Å². The Labute approximate surface area is 78.6 Å². The zero-order valence-corrected chi connectivity index (χ0v) is 8.09. The van der Waals surface area contributed by atoms with Gasteiger partial charge in [-0.25, -0.2) is 0 Å². The minimum absolute atomic E-state index is 0.292. The van der Waals surface area contributed by atoms with E-state index >= 15 is 0 Å². The third kappa shape index (κ3) is 1.62. The van der Waals surface area contributed by atoms with Gasteiger partial charge in [-0.05, 0) is 35.6 Å². The molecule has 1 aromatic rings. The van der Waals surface area contributed by atoms with Crippen LogP contribution in [0, 0.1) is 5.41 Å². The lowest BCUT2D eigenvalue weighted by molar-refractivity contribution is 0.378. The second-order valence-electron chi connectivity index (χ2n) is 4.54. The van der Waals surface area contributed by atoms with Gasteiger partial charge in [0.05, 0.1) is 0 Å². The van der Waals surface area contributed by atoms with E-state index in [-0.39, 0.29) is 0 Å². The average molecular weight is 177 g/mol. The molecule has 0 bridgehead atoms. The minimum atomic E-state index is 0.292. The van der Waals surface area contributed by atoms with E-state index in [0.29, 0.717) is 11.2 Å². The van der Waals surface area contributed by atoms with Crippen molar-refractivity contribution in [2.45, 2.75) is 20.3 Å². The van der Waals surface area contributed by atoms with Gasteiger partial charge in [-0.3, -0.25) is 0 Å². The predicted molar refractivity (Wildman–Crippen MR) is 54.1 cm³/mol. The van der Waals surface area contributed by atoms with Gasteiger partial charge >= 0.3 is 0 Å². The fourth-order valence-corrected chi connectivity index (χ4v) is 1.81. The number of phenols is 1. The molecule has 0 saturated heterocycles. The molecule has 0 saturated carbocycles. The fourth-order valence-electron chi connectivity index (χ4n) is 1.81. The highest BCUT2D eigenvalue weighted by molar-refractivity contribution is 5.56. The van der Waals surface area contributed by atoms with Crippen molar-refractivity contribution in [3.05, 3.63) is 23.8 Å². The summed E-state index contributed by atoms with van der Waals surface area (Å²) in [6.07, 6.45) is 1.03. The molecule has 70 valence electrons. The normalized spacial score (nSPS) is 18.9. The fraction of sp³-hybridized carbons (Fsp3) is 0.455. The third-order valence-corrected chi connectivity index (χ3v) is 2.52. The second-order valence-corrected chi connectivity index (χ2v) is 4.54. The summed E-state index contributed by atoms with van der Waals surface area (Å²) in [6.45, 7) is 5.46. The molecular weight excluding hydrogens is 162 g/mol. The summed E-state index contributed by atoms with van der Waals surface area (Å²) < 4.78 is 0. The van der Waals surface area contributed by atoms with Crippen LogP contribution >= 0.6 is 0 Å². The van der Waals surface area contributed by atoms with Crippen LogP contribution in [-0.2, 0) is 6.42 Å². The molecule has 13 heavy (non-hydrogen) atoms. The Morgan fingerprint density at radius 2 is 2.15 bits per heavy atom. The monoisotopic (exact) mass is 177 g/mol. The van der Waals surface area contributed by atoms with E-state index in [0.717, 1.165) is 18.7 Å². The maximum atomic E-state index is 9.33. The van der Waals surface area contributed by atoms with Gasteiger partial charge in [0.1, 0.15) is 5.75 Å². The molecule has 0 amide bonds. The number of fused-ring (bicyclic) bond motifs is 1. The van der Waals surface area contributed by atoms with E-state index in [4.69, 9.17) is 0 Å². The Balaban J connectivity index is 2.38. The number of aromatic hydroxyl groups is 1. The smallest absolute Gasteiger partial charge is 0.116 e. The van der Waals surface area contributed by atoms with Crippen LogP contribution in [0.2, 0.25) is 0 Å². The second kappa shape index (κ2) is 2.66. The van der Waals surface area contributed by atoms with Crippen LogP contribution in [0.5, 0.6) is 5.75 Å². The number of hydrogen-bond donors (Lipinski definition) is 2. The topological polar surface area (TPSA) is 32.3 Å². The van der Waals surface area contributed by atoms with E-state index in [1.807, 2.05) is 12.1 Å². The third-order valence-electron chi connectivity index (χ3n) is 2.52. The Kier molecular flexibility index (Phi) is 1.72. The van der Waals surface area contributed by atoms with E-state index < -0.39 is 0 Å². The number of rotatable bonds is 0. The van der Waals surface area contributed by atoms with Gasteiger partial charge in [-0.2, -0.15) is 0 Å². The van der Waals surface area contributed by atoms with Crippen molar-refractivity contribution in [2.24, 2.45) is 5.41 Å². The maximum absolute atomic E-state index is 9.33. The van der Waals surface area contributed by atoms with Crippen molar-refractivity contribution in [3.63, 3.8) is 0 Å². The van der Waals surface area contributed by atoms with E-state index in [2.05, 4.69) is 19.2 Å². The van der Waals surface area contributed by atoms with Gasteiger partial charge in [0, 0.05) is 12.2 Å². The minimum Gasteiger partial charge on any atom is -0.508 e. The summed E-state index contributed by atoms with van der Waals surface area (Å²) in [5.41, 5.74) is 2.68. The van der Waals surface area contributed by atoms with Crippen LogP contribution in [0.4, 0.5) is 5.69 Å². The summed E-state index contributed by atoms with van der Waals surface area (Å²) >= 11 is 0. The van der Waals surface area contributed by atoms with Crippen molar-refractivity contribution >= 4 is 5.69 Å². The largest absolute Gasteiger partial charge is 0.508 e. The molecule has 1 heterocycles. The molecule has 2 rings (SSSR count). The average Bonchev–Trinajstić information content (AvgIpc) is 2.01. The quantitative estimate of drug-likeness (QED) is 0.596. The van der Waals surface area contributed by atoms with Crippen molar-refractivity contribution < 1.29 is 5.11 Å². The maximum Gasteiger partial charge on any atom is 0.116 e. The highest BCUT2D eigenvalue weighted by Gasteiger charge is 2.24. The number of benzene rings is 1.